The minimum Gasteiger partial charge on any atom is -0.479 e. The number of aliphatic hydroxyl groups excluding tert-OH is 1. The number of nitrogens with two attached hydrogens (primary N) is 1. The zero-order chi connectivity index (χ0) is 30.3. The lowest BCUT2D eigenvalue weighted by atomic mass is 9.90. The number of aromatic nitrogens is 6. The van der Waals surface area contributed by atoms with Gasteiger partial charge in [-0.15, -0.1) is 11.3 Å². The van der Waals surface area contributed by atoms with Crippen LogP contribution >= 0.6 is 22.9 Å². The Morgan fingerprint density at radius 2 is 2.05 bits per heavy atom. The molecule has 0 spiro atoms. The number of aliphatic hydroxyl groups is 1. The van der Waals surface area contributed by atoms with Gasteiger partial charge in [0.15, 0.2) is 23.9 Å². The predicted molar refractivity (Wildman–Crippen MR) is 153 cm³/mol. The molecule has 1 aromatic carbocycles. The summed E-state index contributed by atoms with van der Waals surface area (Å²) in [4.78, 5) is 43.8. The van der Waals surface area contributed by atoms with E-state index in [4.69, 9.17) is 26.8 Å². The highest BCUT2D eigenvalue weighted by atomic mass is 35.5. The van der Waals surface area contributed by atoms with Crippen LogP contribution in [0.4, 0.5) is 10.2 Å². The molecule has 0 unspecified atom stereocenters. The lowest BCUT2D eigenvalue weighted by Crippen LogP contribution is -2.44. The second kappa shape index (κ2) is 11.4. The van der Waals surface area contributed by atoms with E-state index in [1.807, 2.05) is 0 Å². The molecule has 16 heteroatoms. The van der Waals surface area contributed by atoms with Crippen molar-refractivity contribution in [3.05, 3.63) is 86.7 Å². The largest absolute Gasteiger partial charge is 0.479 e. The maximum atomic E-state index is 15.4. The zero-order valence-corrected chi connectivity index (χ0v) is 23.6. The number of halogens is 2. The van der Waals surface area contributed by atoms with E-state index in [0.29, 0.717) is 16.7 Å². The number of ether oxygens (including phenoxy) is 2. The van der Waals surface area contributed by atoms with Crippen molar-refractivity contribution in [3.63, 3.8) is 0 Å². The highest BCUT2D eigenvalue weighted by Crippen LogP contribution is 2.37. The van der Waals surface area contributed by atoms with Crippen molar-refractivity contribution in [1.82, 2.24) is 29.5 Å². The number of carboxylic acid groups (broad SMARTS) is 1. The number of rotatable bonds is 9. The van der Waals surface area contributed by atoms with Crippen LogP contribution in [0.3, 0.4) is 0 Å². The summed E-state index contributed by atoms with van der Waals surface area (Å²) in [5.74, 6) is -1.36. The third kappa shape index (κ3) is 5.25. The number of imidazole rings is 1. The third-order valence-corrected chi connectivity index (χ3v) is 7.97. The van der Waals surface area contributed by atoms with Crippen LogP contribution in [0, 0.1) is 0 Å². The molecule has 6 rings (SSSR count). The summed E-state index contributed by atoms with van der Waals surface area (Å²) in [6.45, 7) is -0.496. The molecule has 4 aromatic heterocycles. The van der Waals surface area contributed by atoms with Crippen molar-refractivity contribution in [2.24, 2.45) is 0 Å². The summed E-state index contributed by atoms with van der Waals surface area (Å²) in [5.41, 5.74) is 7.11. The molecule has 5 N–H and O–H groups in total. The van der Waals surface area contributed by atoms with Gasteiger partial charge in [0.25, 0.3) is 5.56 Å². The molecule has 1 aliphatic heterocycles. The van der Waals surface area contributed by atoms with Crippen LogP contribution in [0.5, 0.6) is 0 Å². The van der Waals surface area contributed by atoms with Crippen LogP contribution in [-0.2, 0) is 26.3 Å². The van der Waals surface area contributed by atoms with Gasteiger partial charge < -0.3 is 30.4 Å². The number of hydrogen-bond donors (Lipinski definition) is 4. The Labute approximate surface area is 250 Å². The minimum atomic E-state index is -2.00. The van der Waals surface area contributed by atoms with E-state index in [-0.39, 0.29) is 39.9 Å². The molecule has 43 heavy (non-hydrogen) atoms. The lowest BCUT2D eigenvalue weighted by molar-refractivity contribution is -0.177. The van der Waals surface area contributed by atoms with Gasteiger partial charge in [0.05, 0.1) is 24.1 Å². The van der Waals surface area contributed by atoms with Crippen molar-refractivity contribution in [2.75, 3.05) is 12.3 Å². The number of fused-ring (bicyclic) bond motifs is 1. The Morgan fingerprint density at radius 1 is 1.26 bits per heavy atom. The Morgan fingerprint density at radius 3 is 2.74 bits per heavy atom. The first-order chi connectivity index (χ1) is 20.7. The summed E-state index contributed by atoms with van der Waals surface area (Å²) in [6, 6.07) is 10.2. The molecule has 0 aliphatic carbocycles. The molecular formula is C27H23ClFN7O6S. The molecule has 13 nitrogen and oxygen atoms in total. The van der Waals surface area contributed by atoms with Gasteiger partial charge in [0.2, 0.25) is 10.9 Å². The standard InChI is InChI=1S/C27H23ClFN7O6S/c28-26-34-21(30)19-22(35-26)36(11-32-19)24-18(29)20(37)16(42-24)9-41-27(25(39)40,17-10-43-12-33-17)8-13-3-5-14(6-4-13)15-2-1-7-31-23(15)38/h1-7,10-12,16,18,20,24,37H,8-9H2,(H,31,38)(H,39,40)(H2,30,34,35)/t16-,18+,20-,24-,27-/m1/s1. The molecule has 0 amide bonds. The zero-order valence-electron chi connectivity index (χ0n) is 22.0. The van der Waals surface area contributed by atoms with Crippen molar-refractivity contribution in [1.29, 1.82) is 0 Å². The molecule has 1 aliphatic rings. The third-order valence-electron chi connectivity index (χ3n) is 7.21. The van der Waals surface area contributed by atoms with Crippen molar-refractivity contribution >= 4 is 45.9 Å². The summed E-state index contributed by atoms with van der Waals surface area (Å²) >= 11 is 7.10. The quantitative estimate of drug-likeness (QED) is 0.176. The second-order valence-corrected chi connectivity index (χ2v) is 10.9. The summed E-state index contributed by atoms with van der Waals surface area (Å²) in [7, 11) is 0. The molecular weight excluding hydrogens is 605 g/mol. The summed E-state index contributed by atoms with van der Waals surface area (Å²) < 4.78 is 28.5. The van der Waals surface area contributed by atoms with Crippen LogP contribution in [0.1, 0.15) is 17.5 Å². The number of anilines is 1. The van der Waals surface area contributed by atoms with Gasteiger partial charge in [-0.25, -0.2) is 19.2 Å². The fourth-order valence-corrected chi connectivity index (χ4v) is 5.79. The number of benzene rings is 1. The van der Waals surface area contributed by atoms with E-state index in [2.05, 4.69) is 24.9 Å². The minimum absolute atomic E-state index is 0.0132. The van der Waals surface area contributed by atoms with Crippen molar-refractivity contribution in [2.45, 2.75) is 36.6 Å². The molecule has 5 heterocycles. The Bertz CT molecular complexity index is 1840. The van der Waals surface area contributed by atoms with E-state index >= 15 is 4.39 Å². The topological polar surface area (TPSA) is 191 Å². The molecule has 0 saturated carbocycles. The SMILES string of the molecule is Nc1nc(Cl)nc2c1ncn2[C@@H]1O[C@H](CO[C@@](Cc2ccc(-c3ccc[nH]c3=O)cc2)(C(=O)O)c2cscn2)[C@@H](O)[C@@H]1F. The summed E-state index contributed by atoms with van der Waals surface area (Å²) in [6.07, 6.45) is -3.67. The number of nitrogen functional groups attached to an aromatic ring is 1. The van der Waals surface area contributed by atoms with Crippen LogP contribution in [0.2, 0.25) is 5.28 Å². The number of nitrogens with zero attached hydrogens (tertiary/aromatic N) is 5. The van der Waals surface area contributed by atoms with Gasteiger partial charge in [-0.05, 0) is 34.9 Å². The number of hydrogen-bond acceptors (Lipinski definition) is 11. The first kappa shape index (κ1) is 28.8. The smallest absolute Gasteiger partial charge is 0.342 e. The van der Waals surface area contributed by atoms with Crippen molar-refractivity contribution in [3.8, 4) is 11.1 Å². The van der Waals surface area contributed by atoms with Crippen LogP contribution in [0.25, 0.3) is 22.3 Å². The van der Waals surface area contributed by atoms with Gasteiger partial charge in [-0.1, -0.05) is 24.3 Å². The number of thiazole rings is 1. The fraction of sp³-hybridized carbons (Fsp3) is 0.259. The normalized spacial score (nSPS) is 21.7. The number of carbonyl (C=O) groups is 1. The van der Waals surface area contributed by atoms with E-state index in [1.54, 1.807) is 41.8 Å². The highest BCUT2D eigenvalue weighted by molar-refractivity contribution is 7.07. The monoisotopic (exact) mass is 627 g/mol. The maximum absolute atomic E-state index is 15.4. The van der Waals surface area contributed by atoms with Gasteiger partial charge in [0, 0.05) is 23.6 Å². The van der Waals surface area contributed by atoms with Gasteiger partial charge in [-0.3, -0.25) is 9.36 Å². The first-order valence-electron chi connectivity index (χ1n) is 12.8. The summed E-state index contributed by atoms with van der Waals surface area (Å²) in [5, 5.41) is 22.6. The van der Waals surface area contributed by atoms with E-state index in [9.17, 15) is 19.8 Å². The molecule has 222 valence electrons. The van der Waals surface area contributed by atoms with Gasteiger partial charge >= 0.3 is 5.97 Å². The molecule has 1 fully saturated rings. The van der Waals surface area contributed by atoms with E-state index in [0.717, 1.165) is 0 Å². The second-order valence-electron chi connectivity index (χ2n) is 9.81. The predicted octanol–water partition coefficient (Wildman–Crippen LogP) is 2.71. The molecule has 0 bridgehead atoms. The number of aromatic amines is 1. The van der Waals surface area contributed by atoms with Gasteiger partial charge in [0.1, 0.15) is 17.7 Å². The number of carboxylic acids is 1. The maximum Gasteiger partial charge on any atom is 0.342 e. The average molecular weight is 628 g/mol. The van der Waals surface area contributed by atoms with E-state index < -0.39 is 42.8 Å². The van der Waals surface area contributed by atoms with Crippen LogP contribution < -0.4 is 11.3 Å². The Hall–Kier alpha value is -4.28. The number of H-pyrrole nitrogens is 1. The van der Waals surface area contributed by atoms with Crippen molar-refractivity contribution < 1.29 is 28.9 Å². The number of nitrogens with one attached hydrogen (secondary N) is 1. The Balaban J connectivity index is 1.26. The molecule has 0 radical (unpaired) electrons. The first-order valence-corrected chi connectivity index (χ1v) is 14.2. The molecule has 5 aromatic rings. The lowest BCUT2D eigenvalue weighted by Gasteiger charge is -2.30. The van der Waals surface area contributed by atoms with Crippen LogP contribution in [0.15, 0.2) is 64.6 Å². The van der Waals surface area contributed by atoms with E-state index in [1.165, 1.54) is 33.9 Å². The Kier molecular flexibility index (Phi) is 7.66. The number of pyridine rings is 1. The molecule has 1 saturated heterocycles. The highest BCUT2D eigenvalue weighted by Gasteiger charge is 2.49. The van der Waals surface area contributed by atoms with Gasteiger partial charge in [-0.2, -0.15) is 9.97 Å². The fourth-order valence-electron chi connectivity index (χ4n) is 5.00. The number of aliphatic carboxylic acids is 1. The van der Waals surface area contributed by atoms with Crippen LogP contribution in [-0.4, -0.2) is 70.7 Å². The average Bonchev–Trinajstić information content (AvgIpc) is 3.73. The molecule has 5 atom stereocenters. The number of alkyl halides is 1.